The molecule has 0 aliphatic heterocycles. The number of aromatic hydroxyl groups is 1. The second-order valence-corrected chi connectivity index (χ2v) is 10.8. The minimum absolute atomic E-state index is 0.00417. The van der Waals surface area contributed by atoms with E-state index in [-0.39, 0.29) is 37.3 Å². The molecule has 11 heteroatoms. The maximum Gasteiger partial charge on any atom is 0.408 e. The maximum atomic E-state index is 13.9. The molecule has 1 aliphatic rings. The Morgan fingerprint density at radius 1 is 1.16 bits per heavy atom. The predicted octanol–water partition coefficient (Wildman–Crippen LogP) is 3.14. The molecule has 1 fully saturated rings. The van der Waals surface area contributed by atoms with Crippen LogP contribution in [-0.2, 0) is 23.9 Å². The number of phenolic OH excluding ortho intramolecular Hbond substituents is 1. The number of benzene rings is 1. The Morgan fingerprint density at radius 2 is 1.81 bits per heavy atom. The molecule has 1 aromatic rings. The van der Waals surface area contributed by atoms with E-state index in [1.54, 1.807) is 51.6 Å². The van der Waals surface area contributed by atoms with Gasteiger partial charge in [0.25, 0.3) is 0 Å². The number of thioether (sulfide) groups is 1. The van der Waals surface area contributed by atoms with Crippen molar-refractivity contribution < 1.29 is 33.8 Å². The number of carbonyl (C=O) groups is 4. The van der Waals surface area contributed by atoms with E-state index in [4.69, 9.17) is 9.47 Å². The minimum Gasteiger partial charge on any atom is -0.508 e. The molecule has 206 valence electrons. The van der Waals surface area contributed by atoms with Crippen LogP contribution in [0.15, 0.2) is 24.3 Å². The van der Waals surface area contributed by atoms with Crippen LogP contribution in [0.3, 0.4) is 0 Å². The van der Waals surface area contributed by atoms with Crippen LogP contribution in [0.25, 0.3) is 0 Å². The summed E-state index contributed by atoms with van der Waals surface area (Å²) in [6.45, 7) is 7.21. The van der Waals surface area contributed by atoms with Crippen molar-refractivity contribution in [3.63, 3.8) is 0 Å². The molecule has 0 heterocycles. The normalized spacial score (nSPS) is 14.7. The van der Waals surface area contributed by atoms with Crippen LogP contribution in [0, 0.1) is 0 Å². The smallest absolute Gasteiger partial charge is 0.408 e. The monoisotopic (exact) mass is 537 g/mol. The summed E-state index contributed by atoms with van der Waals surface area (Å²) < 4.78 is 10.3. The van der Waals surface area contributed by atoms with Crippen molar-refractivity contribution in [3.8, 4) is 5.75 Å². The summed E-state index contributed by atoms with van der Waals surface area (Å²) in [6, 6.07) is 3.99. The molecule has 1 aromatic carbocycles. The number of carbonyl (C=O) groups excluding carboxylic acids is 4. The van der Waals surface area contributed by atoms with Crippen LogP contribution in [-0.4, -0.2) is 76.7 Å². The van der Waals surface area contributed by atoms with E-state index in [0.717, 1.165) is 12.8 Å². The Hall–Kier alpha value is -2.95. The molecular weight excluding hydrogens is 498 g/mol. The summed E-state index contributed by atoms with van der Waals surface area (Å²) >= 11 is 1.54. The number of ether oxygens (including phenoxy) is 2. The second kappa shape index (κ2) is 14.1. The van der Waals surface area contributed by atoms with Gasteiger partial charge in [-0.2, -0.15) is 11.8 Å². The van der Waals surface area contributed by atoms with Gasteiger partial charge < -0.3 is 30.1 Å². The largest absolute Gasteiger partial charge is 0.508 e. The summed E-state index contributed by atoms with van der Waals surface area (Å²) in [5.74, 6) is -0.644. The topological polar surface area (TPSA) is 134 Å². The van der Waals surface area contributed by atoms with Crippen LogP contribution in [0.5, 0.6) is 5.75 Å². The van der Waals surface area contributed by atoms with Gasteiger partial charge >= 0.3 is 12.1 Å². The molecular formula is C26H39N3O7S. The SMILES string of the molecule is CCOC(=O)CCNC(=O)C(c1ccc(O)cc1)N(C(=O)C(CCSC)NC(=O)OC(C)(C)C)C1CC1. The molecule has 2 atom stereocenters. The Kier molecular flexibility index (Phi) is 11.5. The molecule has 2 rings (SSSR count). The molecule has 1 saturated carbocycles. The molecule has 10 nitrogen and oxygen atoms in total. The molecule has 0 radical (unpaired) electrons. The Balaban J connectivity index is 2.34. The molecule has 1 aliphatic carbocycles. The third-order valence-corrected chi connectivity index (χ3v) is 6.11. The summed E-state index contributed by atoms with van der Waals surface area (Å²) in [5.41, 5.74) is -0.228. The first kappa shape index (κ1) is 30.3. The highest BCUT2D eigenvalue weighted by molar-refractivity contribution is 7.98. The van der Waals surface area contributed by atoms with E-state index in [2.05, 4.69) is 10.6 Å². The number of hydrogen-bond donors (Lipinski definition) is 3. The lowest BCUT2D eigenvalue weighted by Crippen LogP contribution is -2.54. The number of esters is 1. The van der Waals surface area contributed by atoms with Gasteiger partial charge in [0.1, 0.15) is 23.4 Å². The zero-order chi connectivity index (χ0) is 27.6. The zero-order valence-corrected chi connectivity index (χ0v) is 23.1. The highest BCUT2D eigenvalue weighted by Crippen LogP contribution is 2.36. The lowest BCUT2D eigenvalue weighted by Gasteiger charge is -2.34. The van der Waals surface area contributed by atoms with Crippen LogP contribution < -0.4 is 10.6 Å². The number of phenols is 1. The molecule has 0 bridgehead atoms. The number of nitrogens with zero attached hydrogens (tertiary/aromatic N) is 1. The first-order valence-corrected chi connectivity index (χ1v) is 13.9. The zero-order valence-electron chi connectivity index (χ0n) is 22.2. The molecule has 0 aromatic heterocycles. The van der Waals surface area contributed by atoms with Gasteiger partial charge in [-0.1, -0.05) is 12.1 Å². The van der Waals surface area contributed by atoms with Gasteiger partial charge in [-0.15, -0.1) is 0 Å². The number of nitrogens with one attached hydrogen (secondary N) is 2. The third kappa shape index (κ3) is 10.1. The number of rotatable bonds is 13. The lowest BCUT2D eigenvalue weighted by atomic mass is 10.0. The van der Waals surface area contributed by atoms with E-state index in [1.807, 2.05) is 6.26 Å². The molecule has 3 amide bonds. The van der Waals surface area contributed by atoms with E-state index >= 15 is 0 Å². The standard InChI is InChI=1S/C26H39N3O7S/c1-6-35-21(31)13-15-27-23(32)22(17-7-11-19(30)12-8-17)29(18-9-10-18)24(33)20(14-16-37-5)28-25(34)36-26(2,3)4/h7-8,11-12,18,20,22,30H,6,9-10,13-16H2,1-5H3,(H,27,32)(H,28,34). The third-order valence-electron chi connectivity index (χ3n) is 5.46. The van der Waals surface area contributed by atoms with Crippen LogP contribution in [0.4, 0.5) is 4.79 Å². The summed E-state index contributed by atoms with van der Waals surface area (Å²) in [5, 5.41) is 15.2. The Labute approximate surface area is 222 Å². The highest BCUT2D eigenvalue weighted by Gasteiger charge is 2.44. The first-order valence-electron chi connectivity index (χ1n) is 12.5. The van der Waals surface area contributed by atoms with E-state index in [9.17, 15) is 24.3 Å². The Morgan fingerprint density at radius 3 is 2.35 bits per heavy atom. The summed E-state index contributed by atoms with van der Waals surface area (Å²) in [7, 11) is 0. The highest BCUT2D eigenvalue weighted by atomic mass is 32.2. The summed E-state index contributed by atoms with van der Waals surface area (Å²) in [6.07, 6.45) is 2.99. The fraction of sp³-hybridized carbons (Fsp3) is 0.615. The van der Waals surface area contributed by atoms with E-state index in [0.29, 0.717) is 17.7 Å². The van der Waals surface area contributed by atoms with Crippen LogP contribution in [0.1, 0.15) is 65.0 Å². The van der Waals surface area contributed by atoms with Crippen molar-refractivity contribution in [2.24, 2.45) is 0 Å². The second-order valence-electron chi connectivity index (χ2n) is 9.80. The lowest BCUT2D eigenvalue weighted by molar-refractivity contribution is -0.144. The molecule has 3 N–H and O–H groups in total. The predicted molar refractivity (Wildman–Crippen MR) is 141 cm³/mol. The van der Waals surface area contributed by atoms with Gasteiger partial charge in [0.15, 0.2) is 0 Å². The van der Waals surface area contributed by atoms with Crippen molar-refractivity contribution in [1.82, 2.24) is 15.5 Å². The van der Waals surface area contributed by atoms with Crippen molar-refractivity contribution in [2.75, 3.05) is 25.2 Å². The van der Waals surface area contributed by atoms with Gasteiger partial charge in [-0.25, -0.2) is 4.79 Å². The van der Waals surface area contributed by atoms with Gasteiger partial charge in [-0.3, -0.25) is 14.4 Å². The van der Waals surface area contributed by atoms with Gasteiger partial charge in [0, 0.05) is 12.6 Å². The molecule has 0 saturated heterocycles. The van der Waals surface area contributed by atoms with Gasteiger partial charge in [-0.05, 0) is 76.7 Å². The van der Waals surface area contributed by atoms with E-state index < -0.39 is 35.7 Å². The number of alkyl carbamates (subject to hydrolysis) is 1. The van der Waals surface area contributed by atoms with Crippen LogP contribution >= 0.6 is 11.8 Å². The fourth-order valence-corrected chi connectivity index (χ4v) is 4.18. The fourth-order valence-electron chi connectivity index (χ4n) is 3.71. The average molecular weight is 538 g/mol. The van der Waals surface area contributed by atoms with Crippen molar-refractivity contribution in [1.29, 1.82) is 0 Å². The van der Waals surface area contributed by atoms with Crippen molar-refractivity contribution in [3.05, 3.63) is 29.8 Å². The van der Waals surface area contributed by atoms with Crippen molar-refractivity contribution in [2.45, 2.75) is 77.1 Å². The number of amides is 3. The summed E-state index contributed by atoms with van der Waals surface area (Å²) in [4.78, 5) is 53.2. The quantitative estimate of drug-likeness (QED) is 0.327. The van der Waals surface area contributed by atoms with Crippen molar-refractivity contribution >= 4 is 35.6 Å². The van der Waals surface area contributed by atoms with Gasteiger partial charge in [0.05, 0.1) is 13.0 Å². The number of hydrogen-bond acceptors (Lipinski definition) is 8. The van der Waals surface area contributed by atoms with Gasteiger partial charge in [0.2, 0.25) is 11.8 Å². The van der Waals surface area contributed by atoms with E-state index in [1.165, 1.54) is 17.0 Å². The average Bonchev–Trinajstić information content (AvgIpc) is 3.64. The molecule has 2 unspecified atom stereocenters. The first-order chi connectivity index (χ1) is 17.5. The Bertz CT molecular complexity index is 929. The van der Waals surface area contributed by atoms with Crippen LogP contribution in [0.2, 0.25) is 0 Å². The minimum atomic E-state index is -1.01. The maximum absolute atomic E-state index is 13.9. The molecule has 0 spiro atoms. The molecule has 37 heavy (non-hydrogen) atoms.